The van der Waals surface area contributed by atoms with E-state index in [1.807, 2.05) is 6.07 Å². The maximum atomic E-state index is 13.4. The molecule has 0 bridgehead atoms. The summed E-state index contributed by atoms with van der Waals surface area (Å²) in [6.45, 7) is 7.30. The maximum Gasteiger partial charge on any atom is 0.125 e. The molecule has 1 atom stereocenters. The lowest BCUT2D eigenvalue weighted by Gasteiger charge is -2.34. The van der Waals surface area contributed by atoms with E-state index in [9.17, 15) is 4.39 Å². The molecule has 2 aromatic rings. The fourth-order valence-corrected chi connectivity index (χ4v) is 3.54. The van der Waals surface area contributed by atoms with Crippen LogP contribution in [-0.4, -0.2) is 27.0 Å². The van der Waals surface area contributed by atoms with Gasteiger partial charge in [0.05, 0.1) is 17.6 Å². The highest BCUT2D eigenvalue weighted by Crippen LogP contribution is 2.24. The largest absolute Gasteiger partial charge is 0.327 e. The van der Waals surface area contributed by atoms with Crippen molar-refractivity contribution >= 4 is 11.0 Å². The zero-order chi connectivity index (χ0) is 14.8. The van der Waals surface area contributed by atoms with Crippen LogP contribution in [0.1, 0.15) is 45.4 Å². The van der Waals surface area contributed by atoms with Crippen molar-refractivity contribution in [3.63, 3.8) is 0 Å². The highest BCUT2D eigenvalue weighted by molar-refractivity contribution is 5.76. The van der Waals surface area contributed by atoms with E-state index in [0.29, 0.717) is 6.04 Å². The fraction of sp³-hybridized carbons (Fsp3) is 0.588. The summed E-state index contributed by atoms with van der Waals surface area (Å²) in [6, 6.07) is 5.58. The predicted octanol–water partition coefficient (Wildman–Crippen LogP) is 3.96. The van der Waals surface area contributed by atoms with E-state index < -0.39 is 0 Å². The van der Waals surface area contributed by atoms with Crippen molar-refractivity contribution in [1.29, 1.82) is 0 Å². The van der Waals surface area contributed by atoms with Crippen LogP contribution >= 0.6 is 0 Å². The van der Waals surface area contributed by atoms with Crippen molar-refractivity contribution in [2.24, 2.45) is 0 Å². The van der Waals surface area contributed by atoms with E-state index in [0.717, 1.165) is 36.5 Å². The molecule has 1 fully saturated rings. The average molecular weight is 289 g/mol. The number of aromatic nitrogens is 2. The van der Waals surface area contributed by atoms with Crippen molar-refractivity contribution in [3.8, 4) is 0 Å². The molecule has 3 nitrogen and oxygen atoms in total. The van der Waals surface area contributed by atoms with Gasteiger partial charge in [0.15, 0.2) is 0 Å². The molecule has 0 N–H and O–H groups in total. The minimum Gasteiger partial charge on any atom is -0.327 e. The van der Waals surface area contributed by atoms with Gasteiger partial charge in [-0.2, -0.15) is 0 Å². The Morgan fingerprint density at radius 3 is 2.90 bits per heavy atom. The van der Waals surface area contributed by atoms with Crippen molar-refractivity contribution in [2.45, 2.75) is 58.7 Å². The van der Waals surface area contributed by atoms with E-state index in [4.69, 9.17) is 0 Å². The van der Waals surface area contributed by atoms with E-state index in [1.165, 1.54) is 31.7 Å². The Balaban J connectivity index is 1.92. The highest BCUT2D eigenvalue weighted by atomic mass is 19.1. The summed E-state index contributed by atoms with van der Waals surface area (Å²) in [6.07, 6.45) is 5.10. The topological polar surface area (TPSA) is 21.1 Å². The standard InChI is InChI=1S/C17H24FN3/c1-3-14-7-5-6-10-20(14)12-17-19-15-11-13(18)8-9-16(15)21(17)4-2/h8-9,11,14H,3-7,10,12H2,1-2H3. The number of hydrogen-bond acceptors (Lipinski definition) is 2. The van der Waals surface area contributed by atoms with Crippen molar-refractivity contribution in [1.82, 2.24) is 14.5 Å². The molecule has 0 radical (unpaired) electrons. The molecule has 0 amide bonds. The normalized spacial score (nSPS) is 20.2. The van der Waals surface area contributed by atoms with Crippen LogP contribution in [0.2, 0.25) is 0 Å². The second-order valence-corrected chi connectivity index (χ2v) is 5.93. The molecule has 4 heteroatoms. The van der Waals surface area contributed by atoms with Gasteiger partial charge in [-0.3, -0.25) is 4.90 Å². The van der Waals surface area contributed by atoms with Gasteiger partial charge in [-0.05, 0) is 44.9 Å². The van der Waals surface area contributed by atoms with Crippen LogP contribution < -0.4 is 0 Å². The Morgan fingerprint density at radius 2 is 2.14 bits per heavy atom. The third-order valence-corrected chi connectivity index (χ3v) is 4.67. The van der Waals surface area contributed by atoms with E-state index in [-0.39, 0.29) is 5.82 Å². The van der Waals surface area contributed by atoms with Crippen molar-refractivity contribution in [3.05, 3.63) is 29.8 Å². The summed E-state index contributed by atoms with van der Waals surface area (Å²) in [7, 11) is 0. The van der Waals surface area contributed by atoms with Gasteiger partial charge in [-0.25, -0.2) is 9.37 Å². The first-order valence-corrected chi connectivity index (χ1v) is 8.11. The number of halogens is 1. The molecule has 0 spiro atoms. The molecule has 1 saturated heterocycles. The monoisotopic (exact) mass is 289 g/mol. The van der Waals surface area contributed by atoms with Crippen LogP contribution in [0.3, 0.4) is 0 Å². The summed E-state index contributed by atoms with van der Waals surface area (Å²) in [5.41, 5.74) is 1.82. The lowest BCUT2D eigenvalue weighted by atomic mass is 10.0. The van der Waals surface area contributed by atoms with Crippen LogP contribution in [-0.2, 0) is 13.1 Å². The number of fused-ring (bicyclic) bond motifs is 1. The summed E-state index contributed by atoms with van der Waals surface area (Å²) < 4.78 is 15.6. The summed E-state index contributed by atoms with van der Waals surface area (Å²) in [4.78, 5) is 7.24. The highest BCUT2D eigenvalue weighted by Gasteiger charge is 2.23. The van der Waals surface area contributed by atoms with Gasteiger partial charge in [-0.15, -0.1) is 0 Å². The molecule has 0 aliphatic carbocycles. The number of aryl methyl sites for hydroxylation is 1. The maximum absolute atomic E-state index is 13.4. The average Bonchev–Trinajstić information content (AvgIpc) is 2.83. The molecule has 0 saturated carbocycles. The first-order valence-electron chi connectivity index (χ1n) is 8.11. The number of imidazole rings is 1. The molecular weight excluding hydrogens is 265 g/mol. The first kappa shape index (κ1) is 14.5. The smallest absolute Gasteiger partial charge is 0.125 e. The zero-order valence-corrected chi connectivity index (χ0v) is 13.0. The molecule has 1 unspecified atom stereocenters. The Labute approximate surface area is 125 Å². The summed E-state index contributed by atoms with van der Waals surface area (Å²) in [5, 5.41) is 0. The Morgan fingerprint density at radius 1 is 1.29 bits per heavy atom. The van der Waals surface area contributed by atoms with E-state index in [1.54, 1.807) is 6.07 Å². The van der Waals surface area contributed by atoms with Crippen molar-refractivity contribution < 1.29 is 4.39 Å². The molecule has 1 aromatic heterocycles. The second kappa shape index (κ2) is 6.14. The minimum absolute atomic E-state index is 0.209. The number of benzene rings is 1. The SMILES string of the molecule is CCC1CCCCN1Cc1nc2cc(F)ccc2n1CC. The lowest BCUT2D eigenvalue weighted by Crippen LogP contribution is -2.39. The Kier molecular flexibility index (Phi) is 4.24. The minimum atomic E-state index is -0.209. The van der Waals surface area contributed by atoms with Gasteiger partial charge in [-0.1, -0.05) is 13.3 Å². The number of piperidine rings is 1. The van der Waals surface area contributed by atoms with Gasteiger partial charge >= 0.3 is 0 Å². The third kappa shape index (κ3) is 2.82. The number of rotatable bonds is 4. The van der Waals surface area contributed by atoms with Gasteiger partial charge in [0.25, 0.3) is 0 Å². The van der Waals surface area contributed by atoms with E-state index >= 15 is 0 Å². The first-order chi connectivity index (χ1) is 10.2. The number of hydrogen-bond donors (Lipinski definition) is 0. The van der Waals surface area contributed by atoms with Crippen molar-refractivity contribution in [2.75, 3.05) is 6.54 Å². The predicted molar refractivity (Wildman–Crippen MR) is 83.7 cm³/mol. The van der Waals surface area contributed by atoms with Crippen LogP contribution in [0.15, 0.2) is 18.2 Å². The van der Waals surface area contributed by atoms with Gasteiger partial charge < -0.3 is 4.57 Å². The van der Waals surface area contributed by atoms with Crippen LogP contribution in [0.25, 0.3) is 11.0 Å². The summed E-state index contributed by atoms with van der Waals surface area (Å²) >= 11 is 0. The Hall–Kier alpha value is -1.42. The lowest BCUT2D eigenvalue weighted by molar-refractivity contribution is 0.131. The second-order valence-electron chi connectivity index (χ2n) is 5.93. The molecule has 3 rings (SSSR count). The number of nitrogens with zero attached hydrogens (tertiary/aromatic N) is 3. The fourth-order valence-electron chi connectivity index (χ4n) is 3.54. The Bertz CT molecular complexity index is 620. The molecular formula is C17H24FN3. The van der Waals surface area contributed by atoms with Gasteiger partial charge in [0, 0.05) is 18.7 Å². The third-order valence-electron chi connectivity index (χ3n) is 4.67. The molecule has 21 heavy (non-hydrogen) atoms. The van der Waals surface area contributed by atoms with Crippen LogP contribution in [0.5, 0.6) is 0 Å². The van der Waals surface area contributed by atoms with Crippen LogP contribution in [0.4, 0.5) is 4.39 Å². The van der Waals surface area contributed by atoms with Crippen LogP contribution in [0, 0.1) is 5.82 Å². The molecule has 114 valence electrons. The zero-order valence-electron chi connectivity index (χ0n) is 13.0. The molecule has 1 aliphatic rings. The molecule has 1 aliphatic heterocycles. The number of likely N-dealkylation sites (tertiary alicyclic amines) is 1. The summed E-state index contributed by atoms with van der Waals surface area (Å²) in [5.74, 6) is 0.859. The molecule has 1 aromatic carbocycles. The molecule has 2 heterocycles. The van der Waals surface area contributed by atoms with Gasteiger partial charge in [0.2, 0.25) is 0 Å². The quantitative estimate of drug-likeness (QED) is 0.849. The van der Waals surface area contributed by atoms with Gasteiger partial charge in [0.1, 0.15) is 11.6 Å². The van der Waals surface area contributed by atoms with E-state index in [2.05, 4.69) is 28.3 Å².